The number of aromatic nitrogens is 1. The van der Waals surface area contributed by atoms with Crippen LogP contribution in [0.2, 0.25) is 5.02 Å². The van der Waals surface area contributed by atoms with E-state index >= 15 is 0 Å². The van der Waals surface area contributed by atoms with Crippen LogP contribution in [0.3, 0.4) is 0 Å². The second kappa shape index (κ2) is 6.45. The minimum Gasteiger partial charge on any atom is -0.495 e. The van der Waals surface area contributed by atoms with Crippen LogP contribution < -0.4 is 14.8 Å². The van der Waals surface area contributed by atoms with E-state index in [1.165, 1.54) is 14.2 Å². The largest absolute Gasteiger partial charge is 0.495 e. The lowest BCUT2D eigenvalue weighted by Crippen LogP contribution is -2.14. The van der Waals surface area contributed by atoms with Crippen molar-refractivity contribution in [3.8, 4) is 11.5 Å². The van der Waals surface area contributed by atoms with Crippen LogP contribution in [0, 0.1) is 6.92 Å². The highest BCUT2D eigenvalue weighted by Crippen LogP contribution is 2.36. The maximum absolute atomic E-state index is 12.3. The molecule has 2 rings (SSSR count). The van der Waals surface area contributed by atoms with Crippen LogP contribution in [-0.4, -0.2) is 25.1 Å². The van der Waals surface area contributed by atoms with E-state index < -0.39 is 0 Å². The Morgan fingerprint density at radius 3 is 2.57 bits per heavy atom. The number of benzene rings is 1. The number of carbonyl (C=O) groups excluding carboxylic acids is 1. The summed E-state index contributed by atoms with van der Waals surface area (Å²) in [4.78, 5) is 16.3. The number of rotatable bonds is 4. The number of amides is 1. The van der Waals surface area contributed by atoms with Gasteiger partial charge in [-0.15, -0.1) is 0 Å². The molecule has 6 heteroatoms. The fraction of sp³-hybridized carbons (Fsp3) is 0.200. The van der Waals surface area contributed by atoms with Gasteiger partial charge in [0.15, 0.2) is 0 Å². The van der Waals surface area contributed by atoms with Crippen molar-refractivity contribution in [1.29, 1.82) is 0 Å². The van der Waals surface area contributed by atoms with Crippen LogP contribution in [-0.2, 0) is 0 Å². The van der Waals surface area contributed by atoms with Crippen molar-refractivity contribution in [2.24, 2.45) is 0 Å². The molecular weight excluding hydrogens is 292 g/mol. The first-order valence-electron chi connectivity index (χ1n) is 6.20. The molecule has 0 radical (unpaired) electrons. The number of pyridine rings is 1. The van der Waals surface area contributed by atoms with Crippen molar-refractivity contribution >= 4 is 23.2 Å². The number of halogens is 1. The molecule has 5 nitrogen and oxygen atoms in total. The molecule has 0 saturated carbocycles. The normalized spacial score (nSPS) is 10.1. The third-order valence-corrected chi connectivity index (χ3v) is 3.28. The number of aryl methyl sites for hydroxylation is 1. The van der Waals surface area contributed by atoms with Gasteiger partial charge in [0.05, 0.1) is 24.9 Å². The molecule has 0 aliphatic rings. The van der Waals surface area contributed by atoms with Crippen LogP contribution in [0.15, 0.2) is 30.6 Å². The molecule has 1 aromatic carbocycles. The van der Waals surface area contributed by atoms with E-state index in [1.54, 1.807) is 30.6 Å². The SMILES string of the molecule is COc1cc(NC(=O)c2ccncc2C)c(OC)cc1Cl. The average molecular weight is 307 g/mol. The second-order valence-corrected chi connectivity index (χ2v) is 4.74. The summed E-state index contributed by atoms with van der Waals surface area (Å²) in [5.74, 6) is 0.664. The van der Waals surface area contributed by atoms with E-state index in [0.29, 0.717) is 27.8 Å². The van der Waals surface area contributed by atoms with Crippen LogP contribution in [0.4, 0.5) is 5.69 Å². The van der Waals surface area contributed by atoms with Gasteiger partial charge in [0.25, 0.3) is 5.91 Å². The van der Waals surface area contributed by atoms with E-state index in [2.05, 4.69) is 10.3 Å². The van der Waals surface area contributed by atoms with Crippen molar-refractivity contribution in [3.05, 3.63) is 46.7 Å². The first kappa shape index (κ1) is 15.1. The van der Waals surface area contributed by atoms with Gasteiger partial charge in [0.2, 0.25) is 0 Å². The second-order valence-electron chi connectivity index (χ2n) is 4.33. The van der Waals surface area contributed by atoms with E-state index in [1.807, 2.05) is 6.92 Å². The molecule has 0 unspecified atom stereocenters. The predicted molar refractivity (Wildman–Crippen MR) is 81.5 cm³/mol. The quantitative estimate of drug-likeness (QED) is 0.941. The molecule has 0 bridgehead atoms. The van der Waals surface area contributed by atoms with E-state index in [0.717, 1.165) is 5.56 Å². The summed E-state index contributed by atoms with van der Waals surface area (Å²) >= 11 is 6.03. The number of ether oxygens (including phenoxy) is 2. The van der Waals surface area contributed by atoms with Crippen molar-refractivity contribution in [2.75, 3.05) is 19.5 Å². The Bertz CT molecular complexity index is 674. The number of hydrogen-bond acceptors (Lipinski definition) is 4. The molecule has 0 atom stereocenters. The monoisotopic (exact) mass is 306 g/mol. The molecule has 1 amide bonds. The predicted octanol–water partition coefficient (Wildman–Crippen LogP) is 3.31. The summed E-state index contributed by atoms with van der Waals surface area (Å²) in [5, 5.41) is 3.20. The lowest BCUT2D eigenvalue weighted by Gasteiger charge is -2.13. The summed E-state index contributed by atoms with van der Waals surface area (Å²) in [5.41, 5.74) is 1.82. The Hall–Kier alpha value is -2.27. The molecule has 1 aromatic heterocycles. The third kappa shape index (κ3) is 3.25. The standard InChI is InChI=1S/C15H15ClN2O3/c1-9-8-17-5-4-10(9)15(19)18-12-7-13(20-2)11(16)6-14(12)21-3/h4-8H,1-3H3,(H,18,19). The summed E-state index contributed by atoms with van der Waals surface area (Å²) in [7, 11) is 3.01. The van der Waals surface area contributed by atoms with E-state index in [-0.39, 0.29) is 5.91 Å². The van der Waals surface area contributed by atoms with Gasteiger partial charge < -0.3 is 14.8 Å². The highest BCUT2D eigenvalue weighted by atomic mass is 35.5. The number of carbonyl (C=O) groups is 1. The summed E-state index contributed by atoms with van der Waals surface area (Å²) in [6, 6.07) is 4.87. The van der Waals surface area contributed by atoms with Gasteiger partial charge in [-0.3, -0.25) is 9.78 Å². The number of anilines is 1. The summed E-state index contributed by atoms with van der Waals surface area (Å²) in [6.45, 7) is 1.82. The van der Waals surface area contributed by atoms with Crippen LogP contribution >= 0.6 is 11.6 Å². The molecule has 1 heterocycles. The lowest BCUT2D eigenvalue weighted by atomic mass is 10.1. The molecule has 0 spiro atoms. The zero-order valence-electron chi connectivity index (χ0n) is 11.9. The first-order valence-corrected chi connectivity index (χ1v) is 6.58. The van der Waals surface area contributed by atoms with Crippen molar-refractivity contribution in [3.63, 3.8) is 0 Å². The summed E-state index contributed by atoms with van der Waals surface area (Å²) in [6.07, 6.45) is 3.20. The van der Waals surface area contributed by atoms with Gasteiger partial charge >= 0.3 is 0 Å². The molecule has 2 aromatic rings. The van der Waals surface area contributed by atoms with Crippen molar-refractivity contribution in [1.82, 2.24) is 4.98 Å². The maximum atomic E-state index is 12.3. The van der Waals surface area contributed by atoms with Gasteiger partial charge in [-0.25, -0.2) is 0 Å². The minimum absolute atomic E-state index is 0.252. The zero-order chi connectivity index (χ0) is 15.4. The smallest absolute Gasteiger partial charge is 0.256 e. The number of methoxy groups -OCH3 is 2. The Balaban J connectivity index is 2.35. The zero-order valence-corrected chi connectivity index (χ0v) is 12.7. The number of nitrogens with one attached hydrogen (secondary N) is 1. The Kier molecular flexibility index (Phi) is 4.65. The Morgan fingerprint density at radius 1 is 1.24 bits per heavy atom. The fourth-order valence-corrected chi connectivity index (χ4v) is 2.11. The van der Waals surface area contributed by atoms with Crippen LogP contribution in [0.25, 0.3) is 0 Å². The minimum atomic E-state index is -0.252. The molecule has 0 saturated heterocycles. The molecule has 21 heavy (non-hydrogen) atoms. The highest BCUT2D eigenvalue weighted by molar-refractivity contribution is 6.32. The first-order chi connectivity index (χ1) is 10.1. The Labute approximate surface area is 127 Å². The van der Waals surface area contributed by atoms with Gasteiger partial charge in [-0.1, -0.05) is 11.6 Å². The van der Waals surface area contributed by atoms with Crippen molar-refractivity contribution < 1.29 is 14.3 Å². The molecule has 0 fully saturated rings. The van der Waals surface area contributed by atoms with Gasteiger partial charge in [0, 0.05) is 30.1 Å². The van der Waals surface area contributed by atoms with E-state index in [4.69, 9.17) is 21.1 Å². The molecule has 110 valence electrons. The van der Waals surface area contributed by atoms with Gasteiger partial charge in [-0.2, -0.15) is 0 Å². The topological polar surface area (TPSA) is 60.5 Å². The average Bonchev–Trinajstić information content (AvgIpc) is 2.48. The van der Waals surface area contributed by atoms with Crippen LogP contribution in [0.5, 0.6) is 11.5 Å². The van der Waals surface area contributed by atoms with Gasteiger partial charge in [-0.05, 0) is 18.6 Å². The molecule has 0 aliphatic carbocycles. The highest BCUT2D eigenvalue weighted by Gasteiger charge is 2.14. The Morgan fingerprint density at radius 2 is 1.95 bits per heavy atom. The van der Waals surface area contributed by atoms with Gasteiger partial charge in [0.1, 0.15) is 11.5 Å². The van der Waals surface area contributed by atoms with E-state index in [9.17, 15) is 4.79 Å². The number of hydrogen-bond donors (Lipinski definition) is 1. The molecular formula is C15H15ClN2O3. The molecule has 0 aliphatic heterocycles. The molecule has 1 N–H and O–H groups in total. The third-order valence-electron chi connectivity index (χ3n) is 2.99. The van der Waals surface area contributed by atoms with Crippen LogP contribution in [0.1, 0.15) is 15.9 Å². The summed E-state index contributed by atoms with van der Waals surface area (Å²) < 4.78 is 10.4. The maximum Gasteiger partial charge on any atom is 0.256 e. The fourth-order valence-electron chi connectivity index (χ4n) is 1.88. The van der Waals surface area contributed by atoms with Crippen molar-refractivity contribution in [2.45, 2.75) is 6.92 Å². The number of nitrogens with zero attached hydrogens (tertiary/aromatic N) is 1. The lowest BCUT2D eigenvalue weighted by molar-refractivity contribution is 0.102.